The molecule has 0 bridgehead atoms. The molecule has 0 aliphatic carbocycles. The van der Waals surface area contributed by atoms with Crippen LogP contribution in [0.1, 0.15) is 5.56 Å². The summed E-state index contributed by atoms with van der Waals surface area (Å²) in [4.78, 5) is 10.4. The van der Waals surface area contributed by atoms with Gasteiger partial charge in [-0.1, -0.05) is 37.9 Å². The van der Waals surface area contributed by atoms with Crippen LogP contribution < -0.4 is 5.32 Å². The Balaban J connectivity index is 2.69. The standard InChI is InChI=1S/C9H9Br2NO3/c10-6-2-1-3-7(11)5(6)4-12-8(13)9(14)15/h1-3,8,12-13H,4H2,(H,14,15). The van der Waals surface area contributed by atoms with E-state index in [1.807, 2.05) is 18.2 Å². The quantitative estimate of drug-likeness (QED) is 0.731. The number of carboxylic acid groups (broad SMARTS) is 1. The molecule has 1 aromatic rings. The zero-order valence-corrected chi connectivity index (χ0v) is 10.7. The minimum absolute atomic E-state index is 0.259. The van der Waals surface area contributed by atoms with Crippen molar-refractivity contribution in [3.63, 3.8) is 0 Å². The molecule has 0 aliphatic heterocycles. The molecule has 0 aliphatic rings. The Labute approximate surface area is 104 Å². The number of aliphatic carboxylic acids is 1. The van der Waals surface area contributed by atoms with E-state index in [1.165, 1.54) is 0 Å². The predicted octanol–water partition coefficient (Wildman–Crippen LogP) is 1.70. The maximum Gasteiger partial charge on any atom is 0.347 e. The highest BCUT2D eigenvalue weighted by atomic mass is 79.9. The minimum Gasteiger partial charge on any atom is -0.478 e. The molecule has 0 aromatic heterocycles. The van der Waals surface area contributed by atoms with Crippen molar-refractivity contribution in [1.82, 2.24) is 5.32 Å². The van der Waals surface area contributed by atoms with Crippen molar-refractivity contribution in [1.29, 1.82) is 0 Å². The monoisotopic (exact) mass is 337 g/mol. The van der Waals surface area contributed by atoms with Gasteiger partial charge in [0, 0.05) is 15.5 Å². The number of halogens is 2. The molecule has 1 unspecified atom stereocenters. The molecule has 1 rings (SSSR count). The molecular formula is C9H9Br2NO3. The lowest BCUT2D eigenvalue weighted by atomic mass is 10.2. The molecule has 0 amide bonds. The second-order valence-corrected chi connectivity index (χ2v) is 4.53. The van der Waals surface area contributed by atoms with E-state index >= 15 is 0 Å². The van der Waals surface area contributed by atoms with E-state index in [-0.39, 0.29) is 6.54 Å². The molecule has 6 heteroatoms. The molecule has 0 fully saturated rings. The third-order valence-corrected chi connectivity index (χ3v) is 3.25. The summed E-state index contributed by atoms with van der Waals surface area (Å²) in [6.07, 6.45) is -1.55. The van der Waals surface area contributed by atoms with Crippen molar-refractivity contribution < 1.29 is 15.0 Å². The Kier molecular flexibility index (Phi) is 4.72. The third-order valence-electron chi connectivity index (χ3n) is 1.77. The average molecular weight is 339 g/mol. The summed E-state index contributed by atoms with van der Waals surface area (Å²) in [7, 11) is 0. The lowest BCUT2D eigenvalue weighted by Gasteiger charge is -2.10. The zero-order valence-electron chi connectivity index (χ0n) is 7.58. The van der Waals surface area contributed by atoms with Gasteiger partial charge in [0.15, 0.2) is 0 Å². The van der Waals surface area contributed by atoms with Crippen LogP contribution in [0.3, 0.4) is 0 Å². The van der Waals surface area contributed by atoms with E-state index < -0.39 is 12.2 Å². The Morgan fingerprint density at radius 2 is 1.93 bits per heavy atom. The van der Waals surface area contributed by atoms with Gasteiger partial charge in [-0.3, -0.25) is 5.32 Å². The highest BCUT2D eigenvalue weighted by molar-refractivity contribution is 9.11. The second kappa shape index (κ2) is 5.60. The highest BCUT2D eigenvalue weighted by Crippen LogP contribution is 2.24. The highest BCUT2D eigenvalue weighted by Gasteiger charge is 2.13. The van der Waals surface area contributed by atoms with Gasteiger partial charge in [0.2, 0.25) is 6.23 Å². The topological polar surface area (TPSA) is 69.6 Å². The van der Waals surface area contributed by atoms with Gasteiger partial charge in [0.25, 0.3) is 0 Å². The van der Waals surface area contributed by atoms with E-state index in [4.69, 9.17) is 10.2 Å². The fourth-order valence-electron chi connectivity index (χ4n) is 0.987. The van der Waals surface area contributed by atoms with Gasteiger partial charge in [-0.25, -0.2) is 4.79 Å². The third kappa shape index (κ3) is 3.57. The molecule has 4 nitrogen and oxygen atoms in total. The van der Waals surface area contributed by atoms with E-state index in [0.717, 1.165) is 14.5 Å². The lowest BCUT2D eigenvalue weighted by molar-refractivity contribution is -0.148. The molecule has 1 aromatic carbocycles. The normalized spacial score (nSPS) is 12.5. The van der Waals surface area contributed by atoms with Gasteiger partial charge in [0.05, 0.1) is 0 Å². The van der Waals surface area contributed by atoms with Gasteiger partial charge in [-0.2, -0.15) is 0 Å². The summed E-state index contributed by atoms with van der Waals surface area (Å²) >= 11 is 6.67. The first kappa shape index (κ1) is 12.6. The predicted molar refractivity (Wildman–Crippen MR) is 62.3 cm³/mol. The number of nitrogens with one attached hydrogen (secondary N) is 1. The fraction of sp³-hybridized carbons (Fsp3) is 0.222. The van der Waals surface area contributed by atoms with E-state index in [1.54, 1.807) is 0 Å². The number of carboxylic acids is 1. The van der Waals surface area contributed by atoms with Crippen LogP contribution in [-0.4, -0.2) is 22.4 Å². The molecule has 1 atom stereocenters. The Morgan fingerprint density at radius 3 is 2.40 bits per heavy atom. The summed E-state index contributed by atoms with van der Waals surface area (Å²) < 4.78 is 1.70. The molecule has 0 saturated heterocycles. The number of hydrogen-bond acceptors (Lipinski definition) is 3. The van der Waals surface area contributed by atoms with Crippen LogP contribution in [0.5, 0.6) is 0 Å². The molecule has 0 saturated carbocycles. The minimum atomic E-state index is -1.55. The van der Waals surface area contributed by atoms with Crippen LogP contribution >= 0.6 is 31.9 Å². The van der Waals surface area contributed by atoms with E-state index in [0.29, 0.717) is 0 Å². The molecular weight excluding hydrogens is 330 g/mol. The number of hydrogen-bond donors (Lipinski definition) is 3. The number of rotatable bonds is 4. The summed E-state index contributed by atoms with van der Waals surface area (Å²) in [5, 5.41) is 20.0. The van der Waals surface area contributed by atoms with E-state index in [2.05, 4.69) is 37.2 Å². The summed E-state index contributed by atoms with van der Waals surface area (Å²) in [5.41, 5.74) is 0.859. The molecule has 3 N–H and O–H groups in total. The number of aliphatic hydroxyl groups excluding tert-OH is 1. The molecule has 0 spiro atoms. The van der Waals surface area contributed by atoms with Crippen LogP contribution in [0.4, 0.5) is 0 Å². The summed E-state index contributed by atoms with van der Waals surface area (Å²) in [5.74, 6) is -1.29. The van der Waals surface area contributed by atoms with Crippen LogP contribution in [0.2, 0.25) is 0 Å². The van der Waals surface area contributed by atoms with Crippen molar-refractivity contribution in [3.8, 4) is 0 Å². The first-order valence-corrected chi connectivity index (χ1v) is 5.68. The molecule has 0 radical (unpaired) electrons. The molecule has 15 heavy (non-hydrogen) atoms. The fourth-order valence-corrected chi connectivity index (χ4v) is 2.27. The zero-order chi connectivity index (χ0) is 11.4. The number of aliphatic hydroxyl groups is 1. The average Bonchev–Trinajstić information content (AvgIpc) is 2.16. The maximum atomic E-state index is 10.4. The van der Waals surface area contributed by atoms with Crippen molar-refractivity contribution in [2.75, 3.05) is 0 Å². The van der Waals surface area contributed by atoms with Gasteiger partial charge >= 0.3 is 5.97 Å². The van der Waals surface area contributed by atoms with Gasteiger partial charge < -0.3 is 10.2 Å². The Hall–Kier alpha value is -0.430. The second-order valence-electron chi connectivity index (χ2n) is 2.82. The van der Waals surface area contributed by atoms with Gasteiger partial charge in [-0.15, -0.1) is 0 Å². The first-order valence-electron chi connectivity index (χ1n) is 4.09. The van der Waals surface area contributed by atoms with Crippen LogP contribution in [-0.2, 0) is 11.3 Å². The summed E-state index contributed by atoms with van der Waals surface area (Å²) in [6, 6.07) is 5.54. The first-order chi connectivity index (χ1) is 7.02. The summed E-state index contributed by atoms with van der Waals surface area (Å²) in [6.45, 7) is 0.259. The van der Waals surface area contributed by atoms with Crippen molar-refractivity contribution in [2.45, 2.75) is 12.8 Å². The molecule has 0 heterocycles. The van der Waals surface area contributed by atoms with Gasteiger partial charge in [0.1, 0.15) is 0 Å². The van der Waals surface area contributed by atoms with E-state index in [9.17, 15) is 4.79 Å². The lowest BCUT2D eigenvalue weighted by Crippen LogP contribution is -2.35. The van der Waals surface area contributed by atoms with Crippen LogP contribution in [0.25, 0.3) is 0 Å². The van der Waals surface area contributed by atoms with Gasteiger partial charge in [-0.05, 0) is 17.7 Å². The van der Waals surface area contributed by atoms with Crippen LogP contribution in [0.15, 0.2) is 27.1 Å². The Bertz CT molecular complexity index is 350. The van der Waals surface area contributed by atoms with Crippen LogP contribution in [0, 0.1) is 0 Å². The largest absolute Gasteiger partial charge is 0.478 e. The SMILES string of the molecule is O=C(O)C(O)NCc1c(Br)cccc1Br. The van der Waals surface area contributed by atoms with Crippen molar-refractivity contribution in [3.05, 3.63) is 32.7 Å². The van der Waals surface area contributed by atoms with Crippen molar-refractivity contribution in [2.24, 2.45) is 0 Å². The number of benzene rings is 1. The smallest absolute Gasteiger partial charge is 0.347 e. The maximum absolute atomic E-state index is 10.4. The molecule has 82 valence electrons. The van der Waals surface area contributed by atoms with Crippen molar-refractivity contribution >= 4 is 37.8 Å². The number of carbonyl (C=O) groups is 1. The Morgan fingerprint density at radius 1 is 1.40 bits per heavy atom.